The number of hydrogen-bond acceptors (Lipinski definition) is 5. The summed E-state index contributed by atoms with van der Waals surface area (Å²) in [5, 5.41) is 3.66. The van der Waals surface area contributed by atoms with Gasteiger partial charge in [0.05, 0.1) is 13.2 Å². The highest BCUT2D eigenvalue weighted by molar-refractivity contribution is 5.49. The molecule has 3 aromatic rings. The summed E-state index contributed by atoms with van der Waals surface area (Å²) in [4.78, 5) is 9.61. The number of hydrogen-bond donors (Lipinski definition) is 0. The molecule has 0 bridgehead atoms. The Kier molecular flexibility index (Phi) is 4.06. The molecule has 4 rings (SSSR count). The molecular weight excluding hydrogens is 359 g/mol. The lowest BCUT2D eigenvalue weighted by Crippen LogP contribution is -2.49. The van der Waals surface area contributed by atoms with Crippen molar-refractivity contribution in [2.45, 2.75) is 25.6 Å². The molecular formula is C18H18F3N5O. The maximum absolute atomic E-state index is 13.0. The van der Waals surface area contributed by atoms with Crippen LogP contribution in [0.1, 0.15) is 24.0 Å². The molecule has 0 N–H and O–H groups in total. The molecule has 1 aliphatic heterocycles. The van der Waals surface area contributed by atoms with E-state index in [0.717, 1.165) is 10.1 Å². The molecule has 9 heteroatoms. The number of nitrogens with zero attached hydrogens (tertiary/aromatic N) is 5. The summed E-state index contributed by atoms with van der Waals surface area (Å²) in [6.07, 6.45) is -4.62. The van der Waals surface area contributed by atoms with Crippen LogP contribution in [0.25, 0.3) is 5.78 Å². The highest BCUT2D eigenvalue weighted by atomic mass is 19.4. The van der Waals surface area contributed by atoms with Gasteiger partial charge in [-0.1, -0.05) is 30.3 Å². The quantitative estimate of drug-likeness (QED) is 0.687. The molecule has 6 nitrogen and oxygen atoms in total. The summed E-state index contributed by atoms with van der Waals surface area (Å²) in [6.45, 7) is 5.14. The minimum atomic E-state index is -4.62. The highest BCUT2D eigenvalue weighted by Gasteiger charge is 2.38. The van der Waals surface area contributed by atoms with Gasteiger partial charge >= 0.3 is 6.18 Å². The summed E-state index contributed by atoms with van der Waals surface area (Å²) < 4.78 is 46.3. The Labute approximate surface area is 153 Å². The molecule has 1 fully saturated rings. The Balaban J connectivity index is 1.76. The Morgan fingerprint density at radius 3 is 2.59 bits per heavy atom. The second-order valence-electron chi connectivity index (χ2n) is 6.77. The van der Waals surface area contributed by atoms with Crippen LogP contribution < -0.4 is 4.90 Å². The molecule has 2 aromatic heterocycles. The highest BCUT2D eigenvalue weighted by Crippen LogP contribution is 2.33. The molecule has 142 valence electrons. The molecule has 0 radical (unpaired) electrons. The molecule has 0 spiro atoms. The second kappa shape index (κ2) is 6.19. The number of benzene rings is 1. The number of morpholine rings is 1. The zero-order valence-electron chi connectivity index (χ0n) is 14.9. The van der Waals surface area contributed by atoms with Crippen molar-refractivity contribution in [3.8, 4) is 0 Å². The molecule has 1 saturated heterocycles. The van der Waals surface area contributed by atoms with Crippen LogP contribution in [0.15, 0.2) is 36.4 Å². The normalized spacial score (nSPS) is 21.0. The van der Waals surface area contributed by atoms with Gasteiger partial charge in [-0.25, -0.2) is 4.98 Å². The van der Waals surface area contributed by atoms with Crippen molar-refractivity contribution in [3.63, 3.8) is 0 Å². The van der Waals surface area contributed by atoms with E-state index in [9.17, 15) is 13.2 Å². The topological polar surface area (TPSA) is 55.6 Å². The van der Waals surface area contributed by atoms with E-state index in [-0.39, 0.29) is 5.78 Å². The molecule has 3 heterocycles. The number of rotatable bonds is 2. The maximum atomic E-state index is 13.0. The Morgan fingerprint density at radius 2 is 1.89 bits per heavy atom. The van der Waals surface area contributed by atoms with Crippen molar-refractivity contribution in [2.75, 3.05) is 24.6 Å². The van der Waals surface area contributed by atoms with Crippen LogP contribution in [0.5, 0.6) is 0 Å². The van der Waals surface area contributed by atoms with Crippen LogP contribution in [-0.2, 0) is 16.5 Å². The van der Waals surface area contributed by atoms with E-state index in [1.807, 2.05) is 42.2 Å². The van der Waals surface area contributed by atoms with Gasteiger partial charge < -0.3 is 9.64 Å². The van der Waals surface area contributed by atoms with Gasteiger partial charge in [-0.15, -0.1) is 5.10 Å². The number of alkyl halides is 3. The van der Waals surface area contributed by atoms with Crippen LogP contribution in [-0.4, -0.2) is 39.3 Å². The fraction of sp³-hybridized carbons (Fsp3) is 0.389. The predicted octanol–water partition coefficient (Wildman–Crippen LogP) is 3.20. The van der Waals surface area contributed by atoms with Crippen molar-refractivity contribution >= 4 is 11.6 Å². The largest absolute Gasteiger partial charge is 0.453 e. The van der Waals surface area contributed by atoms with Crippen molar-refractivity contribution < 1.29 is 17.9 Å². The first-order valence-corrected chi connectivity index (χ1v) is 8.52. The molecule has 0 amide bonds. The van der Waals surface area contributed by atoms with Crippen LogP contribution in [0.4, 0.5) is 19.0 Å². The smallest absolute Gasteiger partial charge is 0.367 e. The van der Waals surface area contributed by atoms with Gasteiger partial charge in [0.2, 0.25) is 0 Å². The van der Waals surface area contributed by atoms with E-state index < -0.39 is 17.6 Å². The lowest BCUT2D eigenvalue weighted by atomic mass is 9.94. The summed E-state index contributed by atoms with van der Waals surface area (Å²) in [7, 11) is 0. The first-order valence-electron chi connectivity index (χ1n) is 8.52. The van der Waals surface area contributed by atoms with Gasteiger partial charge in [-0.3, -0.25) is 0 Å². The molecule has 1 aliphatic rings. The molecule has 1 atom stereocenters. The van der Waals surface area contributed by atoms with E-state index in [1.54, 1.807) is 13.0 Å². The summed E-state index contributed by atoms with van der Waals surface area (Å²) in [5.74, 6) is -0.739. The lowest BCUT2D eigenvalue weighted by molar-refractivity contribution is -0.144. The van der Waals surface area contributed by atoms with Crippen molar-refractivity contribution in [1.82, 2.24) is 19.6 Å². The van der Waals surface area contributed by atoms with Crippen molar-refractivity contribution in [2.24, 2.45) is 0 Å². The van der Waals surface area contributed by atoms with Crippen molar-refractivity contribution in [3.05, 3.63) is 53.5 Å². The van der Waals surface area contributed by atoms with Crippen LogP contribution >= 0.6 is 0 Å². The summed E-state index contributed by atoms with van der Waals surface area (Å²) in [6, 6.07) is 11.5. The minimum Gasteiger partial charge on any atom is -0.367 e. The number of aryl methyl sites for hydroxylation is 1. The molecule has 0 saturated carbocycles. The van der Waals surface area contributed by atoms with Crippen molar-refractivity contribution in [1.29, 1.82) is 0 Å². The molecule has 0 aliphatic carbocycles. The van der Waals surface area contributed by atoms with Crippen LogP contribution in [0, 0.1) is 6.92 Å². The number of aromatic nitrogens is 4. The van der Waals surface area contributed by atoms with Gasteiger partial charge in [0.25, 0.3) is 11.6 Å². The van der Waals surface area contributed by atoms with E-state index >= 15 is 0 Å². The van der Waals surface area contributed by atoms with Crippen LogP contribution in [0.2, 0.25) is 0 Å². The average Bonchev–Trinajstić information content (AvgIpc) is 3.06. The molecule has 27 heavy (non-hydrogen) atoms. The maximum Gasteiger partial charge on any atom is 0.453 e. The van der Waals surface area contributed by atoms with E-state index in [2.05, 4.69) is 15.1 Å². The third-order valence-electron chi connectivity index (χ3n) is 4.66. The standard InChI is InChI=1S/C18H18F3N5O/c1-12-10-14(26-16(22-12)23-15(24-26)18(19,20)21)25-8-9-27-17(2,11-25)13-6-4-3-5-7-13/h3-7,10H,8-9,11H2,1-2H3. The summed E-state index contributed by atoms with van der Waals surface area (Å²) >= 11 is 0. The Hall–Kier alpha value is -2.68. The predicted molar refractivity (Wildman–Crippen MR) is 92.5 cm³/mol. The van der Waals surface area contributed by atoms with Gasteiger partial charge in [0, 0.05) is 18.3 Å². The first kappa shape index (κ1) is 17.7. The SMILES string of the molecule is Cc1cc(N2CCOC(C)(c3ccccc3)C2)n2nc(C(F)(F)F)nc2n1. The second-order valence-corrected chi connectivity index (χ2v) is 6.77. The summed E-state index contributed by atoms with van der Waals surface area (Å²) in [5.41, 5.74) is 0.994. The van der Waals surface area contributed by atoms with E-state index in [4.69, 9.17) is 4.74 Å². The molecule has 1 unspecified atom stereocenters. The third-order valence-corrected chi connectivity index (χ3v) is 4.66. The Morgan fingerprint density at radius 1 is 1.15 bits per heavy atom. The molecule has 1 aromatic carbocycles. The zero-order valence-corrected chi connectivity index (χ0v) is 14.9. The van der Waals surface area contributed by atoms with Gasteiger partial charge in [-0.05, 0) is 19.4 Å². The number of halogens is 3. The monoisotopic (exact) mass is 377 g/mol. The number of anilines is 1. The van der Waals surface area contributed by atoms with Gasteiger partial charge in [0.15, 0.2) is 0 Å². The fourth-order valence-electron chi connectivity index (χ4n) is 3.34. The van der Waals surface area contributed by atoms with Crippen LogP contribution in [0.3, 0.4) is 0 Å². The third kappa shape index (κ3) is 3.23. The average molecular weight is 377 g/mol. The minimum absolute atomic E-state index is 0.0646. The zero-order chi connectivity index (χ0) is 19.2. The van der Waals surface area contributed by atoms with Gasteiger partial charge in [-0.2, -0.15) is 22.7 Å². The van der Waals surface area contributed by atoms with Gasteiger partial charge in [0.1, 0.15) is 11.4 Å². The Bertz CT molecular complexity index is 972. The fourth-order valence-corrected chi connectivity index (χ4v) is 3.34. The number of fused-ring (bicyclic) bond motifs is 1. The lowest BCUT2D eigenvalue weighted by Gasteiger charge is -2.41. The number of ether oxygens (including phenoxy) is 1. The van der Waals surface area contributed by atoms with E-state index in [1.165, 1.54) is 0 Å². The first-order chi connectivity index (χ1) is 12.8. The van der Waals surface area contributed by atoms with E-state index in [0.29, 0.717) is 31.2 Å².